The van der Waals surface area contributed by atoms with Gasteiger partial charge in [-0.05, 0) is 12.1 Å². The number of amides is 1. The monoisotopic (exact) mass is 355 g/mol. The molecular formula is C19H25N5O2. The van der Waals surface area contributed by atoms with Crippen LogP contribution in [0.1, 0.15) is 11.3 Å². The Morgan fingerprint density at radius 2 is 2.35 bits per heavy atom. The van der Waals surface area contributed by atoms with Crippen LogP contribution in [0.2, 0.25) is 0 Å². The Hall–Kier alpha value is -2.25. The number of nitrogens with zero attached hydrogens (tertiary/aromatic N) is 5. The molecule has 7 nitrogen and oxygen atoms in total. The van der Waals surface area contributed by atoms with Crippen molar-refractivity contribution in [3.8, 4) is 0 Å². The summed E-state index contributed by atoms with van der Waals surface area (Å²) in [6.07, 6.45) is 5.69. The molecule has 2 aliphatic rings. The molecule has 4 rings (SSSR count). The molecule has 0 aromatic carbocycles. The van der Waals surface area contributed by atoms with Crippen LogP contribution in [0, 0.1) is 11.3 Å². The van der Waals surface area contributed by atoms with Gasteiger partial charge in [-0.25, -0.2) is 0 Å². The Labute approximate surface area is 153 Å². The van der Waals surface area contributed by atoms with Gasteiger partial charge < -0.3 is 9.64 Å². The second-order valence-corrected chi connectivity index (χ2v) is 7.54. The maximum Gasteiger partial charge on any atom is 0.232 e. The van der Waals surface area contributed by atoms with Gasteiger partial charge in [-0.1, -0.05) is 6.07 Å². The van der Waals surface area contributed by atoms with Crippen LogP contribution in [-0.4, -0.2) is 63.8 Å². The maximum absolute atomic E-state index is 13.3. The van der Waals surface area contributed by atoms with Gasteiger partial charge in [0, 0.05) is 57.6 Å². The van der Waals surface area contributed by atoms with Crippen molar-refractivity contribution in [3.05, 3.63) is 48.0 Å². The molecule has 2 saturated heterocycles. The zero-order valence-electron chi connectivity index (χ0n) is 15.3. The lowest BCUT2D eigenvalue weighted by Gasteiger charge is -2.31. The smallest absolute Gasteiger partial charge is 0.232 e. The first-order valence-electron chi connectivity index (χ1n) is 9.00. The molecule has 1 amide bonds. The van der Waals surface area contributed by atoms with Crippen LogP contribution < -0.4 is 0 Å². The van der Waals surface area contributed by atoms with E-state index in [0.29, 0.717) is 19.8 Å². The largest absolute Gasteiger partial charge is 0.380 e. The molecule has 0 radical (unpaired) electrons. The second kappa shape index (κ2) is 6.81. The number of rotatable bonds is 5. The van der Waals surface area contributed by atoms with Gasteiger partial charge in [0.2, 0.25) is 5.91 Å². The molecule has 0 N–H and O–H groups in total. The zero-order chi connectivity index (χ0) is 18.1. The van der Waals surface area contributed by atoms with E-state index in [2.05, 4.69) is 15.0 Å². The first kappa shape index (κ1) is 17.2. The Bertz CT molecular complexity index is 777. The van der Waals surface area contributed by atoms with Gasteiger partial charge in [-0.2, -0.15) is 5.10 Å². The van der Waals surface area contributed by atoms with E-state index in [1.54, 1.807) is 11.1 Å². The minimum atomic E-state index is -0.439. The highest BCUT2D eigenvalue weighted by Gasteiger charge is 2.56. The van der Waals surface area contributed by atoms with E-state index >= 15 is 0 Å². The molecule has 2 aromatic heterocycles. The molecule has 2 aliphatic heterocycles. The van der Waals surface area contributed by atoms with Crippen molar-refractivity contribution in [2.45, 2.75) is 13.1 Å². The van der Waals surface area contributed by atoms with Crippen molar-refractivity contribution in [2.75, 3.05) is 33.4 Å². The van der Waals surface area contributed by atoms with Gasteiger partial charge in [0.15, 0.2) is 0 Å². The third-order valence-electron chi connectivity index (χ3n) is 5.51. The fourth-order valence-electron chi connectivity index (χ4n) is 4.26. The number of hydrogen-bond acceptors (Lipinski definition) is 5. The van der Waals surface area contributed by atoms with Crippen molar-refractivity contribution < 1.29 is 9.53 Å². The van der Waals surface area contributed by atoms with Crippen LogP contribution in [0.5, 0.6) is 0 Å². The topological polar surface area (TPSA) is 63.5 Å². The third kappa shape index (κ3) is 3.12. The number of aromatic nitrogens is 3. The fourth-order valence-corrected chi connectivity index (χ4v) is 4.26. The van der Waals surface area contributed by atoms with E-state index in [9.17, 15) is 4.79 Å². The highest BCUT2D eigenvalue weighted by Crippen LogP contribution is 2.43. The number of hydrogen-bond donors (Lipinski definition) is 0. The number of aryl methyl sites for hydroxylation is 1. The summed E-state index contributed by atoms with van der Waals surface area (Å²) in [5.41, 5.74) is 1.64. The predicted octanol–water partition coefficient (Wildman–Crippen LogP) is 0.922. The van der Waals surface area contributed by atoms with Gasteiger partial charge in [0.05, 0.1) is 37.1 Å². The standard InChI is InChI=1S/C19H25N5O2/c1-22(11-17-5-3-4-6-20-17)18(25)19-13-24(10-16(19)12-26-14-19)9-15-7-21-23(2)8-15/h3-8,16H,9-14H2,1-2H3/t16-,19-/m0/s1. The van der Waals surface area contributed by atoms with E-state index in [4.69, 9.17) is 4.74 Å². The quantitative estimate of drug-likeness (QED) is 0.798. The van der Waals surface area contributed by atoms with E-state index in [-0.39, 0.29) is 11.8 Å². The number of fused-ring (bicyclic) bond motifs is 1. The van der Waals surface area contributed by atoms with Gasteiger partial charge in [-0.15, -0.1) is 0 Å². The molecule has 0 spiro atoms. The zero-order valence-corrected chi connectivity index (χ0v) is 15.3. The van der Waals surface area contributed by atoms with Gasteiger partial charge in [0.25, 0.3) is 0 Å². The van der Waals surface area contributed by atoms with Crippen molar-refractivity contribution in [3.63, 3.8) is 0 Å². The molecular weight excluding hydrogens is 330 g/mol. The molecule has 0 unspecified atom stereocenters. The average Bonchev–Trinajstić information content (AvgIpc) is 3.30. The second-order valence-electron chi connectivity index (χ2n) is 7.54. The van der Waals surface area contributed by atoms with E-state index in [0.717, 1.165) is 25.3 Å². The average molecular weight is 355 g/mol. The van der Waals surface area contributed by atoms with Crippen LogP contribution in [0.15, 0.2) is 36.8 Å². The first-order chi connectivity index (χ1) is 12.6. The summed E-state index contributed by atoms with van der Waals surface area (Å²) in [6.45, 7) is 4.13. The summed E-state index contributed by atoms with van der Waals surface area (Å²) in [6, 6.07) is 5.79. The van der Waals surface area contributed by atoms with E-state index < -0.39 is 5.41 Å². The summed E-state index contributed by atoms with van der Waals surface area (Å²) >= 11 is 0. The molecule has 2 fully saturated rings. The summed E-state index contributed by atoms with van der Waals surface area (Å²) in [4.78, 5) is 21.8. The van der Waals surface area contributed by atoms with Crippen molar-refractivity contribution in [1.29, 1.82) is 0 Å². The van der Waals surface area contributed by atoms with Crippen molar-refractivity contribution >= 4 is 5.91 Å². The molecule has 0 bridgehead atoms. The predicted molar refractivity (Wildman–Crippen MR) is 95.9 cm³/mol. The Balaban J connectivity index is 1.47. The number of likely N-dealkylation sites (tertiary alicyclic amines) is 1. The first-order valence-corrected chi connectivity index (χ1v) is 9.00. The number of pyridine rings is 1. The minimum absolute atomic E-state index is 0.166. The van der Waals surface area contributed by atoms with Crippen molar-refractivity contribution in [1.82, 2.24) is 24.6 Å². The Morgan fingerprint density at radius 3 is 3.08 bits per heavy atom. The third-order valence-corrected chi connectivity index (χ3v) is 5.51. The van der Waals surface area contributed by atoms with Gasteiger partial charge in [0.1, 0.15) is 0 Å². The highest BCUT2D eigenvalue weighted by atomic mass is 16.5. The minimum Gasteiger partial charge on any atom is -0.380 e. The Morgan fingerprint density at radius 1 is 1.46 bits per heavy atom. The SMILES string of the molecule is CN(Cc1ccccn1)C(=O)[C@@]12COC[C@@H]1CN(Cc1cnn(C)c1)C2. The summed E-state index contributed by atoms with van der Waals surface area (Å²) in [5, 5.41) is 4.24. The van der Waals surface area contributed by atoms with E-state index in [1.165, 1.54) is 5.56 Å². The number of carbonyl (C=O) groups is 1. The molecule has 4 heterocycles. The van der Waals surface area contributed by atoms with Crippen LogP contribution >= 0.6 is 0 Å². The highest BCUT2D eigenvalue weighted by molar-refractivity contribution is 5.84. The van der Waals surface area contributed by atoms with E-state index in [1.807, 2.05) is 49.4 Å². The summed E-state index contributed by atoms with van der Waals surface area (Å²) in [5.74, 6) is 0.414. The lowest BCUT2D eigenvalue weighted by atomic mass is 9.79. The van der Waals surface area contributed by atoms with Crippen LogP contribution in [0.25, 0.3) is 0 Å². The molecule has 26 heavy (non-hydrogen) atoms. The van der Waals surface area contributed by atoms with Gasteiger partial charge in [-0.3, -0.25) is 19.4 Å². The lowest BCUT2D eigenvalue weighted by molar-refractivity contribution is -0.142. The van der Waals surface area contributed by atoms with Crippen LogP contribution in [0.4, 0.5) is 0 Å². The molecule has 7 heteroatoms. The number of ether oxygens (including phenoxy) is 1. The van der Waals surface area contributed by atoms with Crippen molar-refractivity contribution in [2.24, 2.45) is 18.4 Å². The maximum atomic E-state index is 13.3. The normalized spacial score (nSPS) is 25.4. The van der Waals surface area contributed by atoms with Crippen LogP contribution in [0.3, 0.4) is 0 Å². The summed E-state index contributed by atoms with van der Waals surface area (Å²) in [7, 11) is 3.79. The molecule has 2 aromatic rings. The Kier molecular flexibility index (Phi) is 4.50. The molecule has 2 atom stereocenters. The van der Waals surface area contributed by atoms with Crippen LogP contribution in [-0.2, 0) is 29.7 Å². The lowest BCUT2D eigenvalue weighted by Crippen LogP contribution is -2.47. The molecule has 0 aliphatic carbocycles. The van der Waals surface area contributed by atoms with Gasteiger partial charge >= 0.3 is 0 Å². The summed E-state index contributed by atoms with van der Waals surface area (Å²) < 4.78 is 7.55. The molecule has 0 saturated carbocycles. The fraction of sp³-hybridized carbons (Fsp3) is 0.526. The molecule has 138 valence electrons. The number of carbonyl (C=O) groups excluding carboxylic acids is 1.